The topological polar surface area (TPSA) is 55.4 Å². The molecule has 1 aromatic carbocycles. The normalized spacial score (nSPS) is 10.5. The number of methoxy groups -OCH3 is 2. The van der Waals surface area contributed by atoms with E-state index in [1.54, 1.807) is 25.6 Å². The molecule has 0 aliphatic rings. The number of nitrogens with one attached hydrogen (secondary N) is 2. The molecule has 0 atom stereocenters. The molecule has 0 saturated heterocycles. The zero-order valence-electron chi connectivity index (χ0n) is 13.3. The Balaban J connectivity index is 2.00. The van der Waals surface area contributed by atoms with Gasteiger partial charge < -0.3 is 20.1 Å². The lowest BCUT2D eigenvalue weighted by Crippen LogP contribution is -2.17. The summed E-state index contributed by atoms with van der Waals surface area (Å²) in [7, 11) is 3.30. The number of ether oxygens (including phenoxy) is 2. The van der Waals surface area contributed by atoms with E-state index in [1.807, 2.05) is 18.2 Å². The Morgan fingerprint density at radius 2 is 2.05 bits per heavy atom. The Hall–Kier alpha value is -1.79. The second-order valence-corrected chi connectivity index (χ2v) is 5.69. The molecule has 0 fully saturated rings. The van der Waals surface area contributed by atoms with Crippen molar-refractivity contribution in [1.82, 2.24) is 10.3 Å². The molecule has 0 spiro atoms. The van der Waals surface area contributed by atoms with Crippen molar-refractivity contribution in [3.8, 4) is 11.5 Å². The second-order valence-electron chi connectivity index (χ2n) is 4.84. The highest BCUT2D eigenvalue weighted by Gasteiger charge is 2.08. The maximum Gasteiger partial charge on any atom is 0.187 e. The van der Waals surface area contributed by atoms with Crippen molar-refractivity contribution in [3.05, 3.63) is 29.3 Å². The highest BCUT2D eigenvalue weighted by Crippen LogP contribution is 2.32. The fourth-order valence-electron chi connectivity index (χ4n) is 2.02. The number of hydrogen-bond donors (Lipinski definition) is 2. The van der Waals surface area contributed by atoms with Crippen LogP contribution in [-0.4, -0.2) is 32.3 Å². The van der Waals surface area contributed by atoms with E-state index in [2.05, 4.69) is 27.9 Å². The Kier molecular flexibility index (Phi) is 6.48. The van der Waals surface area contributed by atoms with Crippen molar-refractivity contribution in [2.75, 3.05) is 32.6 Å². The van der Waals surface area contributed by atoms with Crippen LogP contribution in [0.5, 0.6) is 11.5 Å². The molecule has 0 aliphatic heterocycles. The molecule has 0 radical (unpaired) electrons. The molecule has 5 nitrogen and oxygen atoms in total. The van der Waals surface area contributed by atoms with E-state index in [-0.39, 0.29) is 0 Å². The molecular formula is C16H23N3O2S. The summed E-state index contributed by atoms with van der Waals surface area (Å²) in [6.07, 6.45) is 2.09. The van der Waals surface area contributed by atoms with Gasteiger partial charge in [0, 0.05) is 24.4 Å². The average Bonchev–Trinajstić information content (AvgIpc) is 2.99. The standard InChI is InChI=1S/C16H23N3O2S/c1-4-8-17-9-7-12-11-22-16(18-12)19-14-10-13(20-2)5-6-15(14)21-3/h5-6,10-11,17H,4,7-9H2,1-3H3,(H,18,19). The summed E-state index contributed by atoms with van der Waals surface area (Å²) < 4.78 is 10.6. The van der Waals surface area contributed by atoms with Gasteiger partial charge in [0.2, 0.25) is 0 Å². The number of nitrogens with zero attached hydrogens (tertiary/aromatic N) is 1. The zero-order chi connectivity index (χ0) is 15.8. The lowest BCUT2D eigenvalue weighted by atomic mass is 10.2. The molecule has 6 heteroatoms. The molecular weight excluding hydrogens is 298 g/mol. The Bertz CT molecular complexity index is 587. The molecule has 0 bridgehead atoms. The fourth-order valence-corrected chi connectivity index (χ4v) is 2.78. The summed E-state index contributed by atoms with van der Waals surface area (Å²) >= 11 is 1.59. The minimum Gasteiger partial charge on any atom is -0.497 e. The molecule has 1 aromatic heterocycles. The highest BCUT2D eigenvalue weighted by molar-refractivity contribution is 7.13. The van der Waals surface area contributed by atoms with Gasteiger partial charge >= 0.3 is 0 Å². The monoisotopic (exact) mass is 321 g/mol. The van der Waals surface area contributed by atoms with E-state index in [9.17, 15) is 0 Å². The first-order valence-corrected chi connectivity index (χ1v) is 8.29. The Morgan fingerprint density at radius 1 is 1.18 bits per heavy atom. The third kappa shape index (κ3) is 4.61. The first-order chi connectivity index (χ1) is 10.8. The van der Waals surface area contributed by atoms with Crippen LogP contribution in [0.2, 0.25) is 0 Å². The lowest BCUT2D eigenvalue weighted by Gasteiger charge is -2.10. The summed E-state index contributed by atoms with van der Waals surface area (Å²) in [5.41, 5.74) is 1.95. The van der Waals surface area contributed by atoms with E-state index < -0.39 is 0 Å². The Morgan fingerprint density at radius 3 is 2.77 bits per heavy atom. The fraction of sp³-hybridized carbons (Fsp3) is 0.438. The maximum absolute atomic E-state index is 5.36. The molecule has 0 amide bonds. The molecule has 22 heavy (non-hydrogen) atoms. The third-order valence-electron chi connectivity index (χ3n) is 3.18. The van der Waals surface area contributed by atoms with Gasteiger partial charge in [-0.1, -0.05) is 6.92 Å². The van der Waals surface area contributed by atoms with Crippen LogP contribution in [0.1, 0.15) is 19.0 Å². The molecule has 1 heterocycles. The van der Waals surface area contributed by atoms with E-state index in [1.165, 1.54) is 0 Å². The smallest absolute Gasteiger partial charge is 0.187 e. The van der Waals surface area contributed by atoms with E-state index in [4.69, 9.17) is 9.47 Å². The van der Waals surface area contributed by atoms with Crippen LogP contribution in [0, 0.1) is 0 Å². The molecule has 2 rings (SSSR count). The van der Waals surface area contributed by atoms with Crippen molar-refractivity contribution in [2.24, 2.45) is 0 Å². The average molecular weight is 321 g/mol. The number of aromatic nitrogens is 1. The quantitative estimate of drug-likeness (QED) is 0.693. The van der Waals surface area contributed by atoms with Gasteiger partial charge in [0.15, 0.2) is 5.13 Å². The van der Waals surface area contributed by atoms with Crippen molar-refractivity contribution >= 4 is 22.2 Å². The number of hydrogen-bond acceptors (Lipinski definition) is 6. The van der Waals surface area contributed by atoms with Gasteiger partial charge in [-0.25, -0.2) is 4.98 Å². The second kappa shape index (κ2) is 8.60. The number of thiazole rings is 1. The first-order valence-electron chi connectivity index (χ1n) is 7.41. The van der Waals surface area contributed by atoms with Crippen LogP contribution in [-0.2, 0) is 6.42 Å². The van der Waals surface area contributed by atoms with Gasteiger partial charge in [-0.3, -0.25) is 0 Å². The van der Waals surface area contributed by atoms with Crippen LogP contribution in [0.25, 0.3) is 0 Å². The van der Waals surface area contributed by atoms with Gasteiger partial charge in [0.1, 0.15) is 11.5 Å². The van der Waals surface area contributed by atoms with E-state index in [0.29, 0.717) is 0 Å². The SMILES string of the molecule is CCCNCCc1csc(Nc2cc(OC)ccc2OC)n1. The van der Waals surface area contributed by atoms with Gasteiger partial charge in [0.05, 0.1) is 25.6 Å². The highest BCUT2D eigenvalue weighted by atomic mass is 32.1. The van der Waals surface area contributed by atoms with Gasteiger partial charge in [-0.05, 0) is 25.1 Å². The summed E-state index contributed by atoms with van der Waals surface area (Å²) in [5, 5.41) is 9.63. The minimum atomic E-state index is 0.766. The molecule has 0 unspecified atom stereocenters. The molecule has 0 aliphatic carbocycles. The van der Waals surface area contributed by atoms with Crippen molar-refractivity contribution in [3.63, 3.8) is 0 Å². The predicted octanol–water partition coefficient (Wildman–Crippen LogP) is 3.45. The van der Waals surface area contributed by atoms with Gasteiger partial charge in [-0.2, -0.15) is 0 Å². The minimum absolute atomic E-state index is 0.766. The number of anilines is 2. The van der Waals surface area contributed by atoms with Gasteiger partial charge in [-0.15, -0.1) is 11.3 Å². The molecule has 2 N–H and O–H groups in total. The number of rotatable bonds is 9. The number of benzene rings is 1. The largest absolute Gasteiger partial charge is 0.497 e. The molecule has 2 aromatic rings. The summed E-state index contributed by atoms with van der Waals surface area (Å²) in [6, 6.07) is 5.66. The van der Waals surface area contributed by atoms with Crippen LogP contribution < -0.4 is 20.1 Å². The molecule has 120 valence electrons. The first kappa shape index (κ1) is 16.6. The maximum atomic E-state index is 5.36. The van der Waals surface area contributed by atoms with Crippen LogP contribution in [0.15, 0.2) is 23.6 Å². The van der Waals surface area contributed by atoms with Gasteiger partial charge in [0.25, 0.3) is 0 Å². The van der Waals surface area contributed by atoms with E-state index in [0.717, 1.165) is 53.9 Å². The van der Waals surface area contributed by atoms with Crippen molar-refractivity contribution < 1.29 is 9.47 Å². The zero-order valence-corrected chi connectivity index (χ0v) is 14.1. The summed E-state index contributed by atoms with van der Waals surface area (Å²) in [4.78, 5) is 4.61. The van der Waals surface area contributed by atoms with Crippen LogP contribution in [0.4, 0.5) is 10.8 Å². The summed E-state index contributed by atoms with van der Waals surface area (Å²) in [5.74, 6) is 1.55. The molecule has 0 saturated carbocycles. The predicted molar refractivity (Wildman–Crippen MR) is 91.8 cm³/mol. The van der Waals surface area contributed by atoms with Crippen LogP contribution in [0.3, 0.4) is 0 Å². The van der Waals surface area contributed by atoms with Crippen molar-refractivity contribution in [2.45, 2.75) is 19.8 Å². The lowest BCUT2D eigenvalue weighted by molar-refractivity contribution is 0.405. The summed E-state index contributed by atoms with van der Waals surface area (Å²) in [6.45, 7) is 4.18. The van der Waals surface area contributed by atoms with Crippen molar-refractivity contribution in [1.29, 1.82) is 0 Å². The van der Waals surface area contributed by atoms with E-state index >= 15 is 0 Å². The Labute approximate surface area is 135 Å². The third-order valence-corrected chi connectivity index (χ3v) is 3.99. The van der Waals surface area contributed by atoms with Crippen LogP contribution >= 0.6 is 11.3 Å².